The van der Waals surface area contributed by atoms with Crippen molar-refractivity contribution in [2.45, 2.75) is 5.92 Å². The first-order chi connectivity index (χ1) is 6.90. The first-order valence-electron chi connectivity index (χ1n) is 4.69. The molecule has 64 valence electrons. The van der Waals surface area contributed by atoms with E-state index in [1.54, 1.807) is 0 Å². The van der Waals surface area contributed by atoms with Crippen molar-refractivity contribution in [2.24, 2.45) is 0 Å². The van der Waals surface area contributed by atoms with Gasteiger partial charge in [-0.25, -0.2) is 0 Å². The summed E-state index contributed by atoms with van der Waals surface area (Å²) >= 11 is 0. The Balaban J connectivity index is 2.45. The zero-order valence-electron chi connectivity index (χ0n) is 7.62. The van der Waals surface area contributed by atoms with E-state index < -0.39 is 0 Å². The molecule has 0 bridgehead atoms. The second kappa shape index (κ2) is 2.62. The van der Waals surface area contributed by atoms with Crippen LogP contribution in [0.4, 0.5) is 0 Å². The van der Waals surface area contributed by atoms with Gasteiger partial charge in [0.25, 0.3) is 0 Å². The zero-order valence-corrected chi connectivity index (χ0v) is 7.62. The lowest BCUT2D eigenvalue weighted by Crippen LogP contribution is -1.87. The average molecular weight is 176 g/mol. The maximum atomic E-state index is 7.26. The van der Waals surface area contributed by atoms with E-state index in [1.807, 2.05) is 6.07 Å². The molecule has 2 aromatic carbocycles. The molecule has 0 aliphatic heterocycles. The van der Waals surface area contributed by atoms with Gasteiger partial charge in [-0.2, -0.15) is 0 Å². The summed E-state index contributed by atoms with van der Waals surface area (Å²) in [7, 11) is 0. The molecular weight excluding hydrogens is 168 g/mol. The highest BCUT2D eigenvalue weighted by Crippen LogP contribution is 2.38. The molecule has 3 rings (SSSR count). The first-order valence-corrected chi connectivity index (χ1v) is 4.69. The van der Waals surface area contributed by atoms with Gasteiger partial charge in [-0.05, 0) is 28.3 Å². The molecule has 1 atom stereocenters. The van der Waals surface area contributed by atoms with Crippen molar-refractivity contribution in [3.8, 4) is 5.92 Å². The van der Waals surface area contributed by atoms with Crippen LogP contribution < -0.4 is 0 Å². The molecule has 14 heavy (non-hydrogen) atoms. The van der Waals surface area contributed by atoms with Crippen LogP contribution >= 0.6 is 0 Å². The minimum atomic E-state index is 0.0519. The molecule has 1 unspecified atom stereocenters. The van der Waals surface area contributed by atoms with Crippen molar-refractivity contribution in [3.05, 3.63) is 60.4 Å². The van der Waals surface area contributed by atoms with Gasteiger partial charge in [-0.15, -0.1) is 0 Å². The Labute approximate surface area is 83.6 Å². The van der Waals surface area contributed by atoms with Crippen LogP contribution in [0.5, 0.6) is 0 Å². The second-order valence-corrected chi connectivity index (χ2v) is 3.58. The van der Waals surface area contributed by atoms with Gasteiger partial charge < -0.3 is 0 Å². The Morgan fingerprint density at radius 1 is 1.07 bits per heavy atom. The van der Waals surface area contributed by atoms with E-state index >= 15 is 0 Å². The van der Waals surface area contributed by atoms with Gasteiger partial charge in [-0.1, -0.05) is 42.3 Å². The third kappa shape index (κ3) is 0.845. The topological polar surface area (TPSA) is 0 Å². The zero-order chi connectivity index (χ0) is 9.54. The Morgan fingerprint density at radius 3 is 2.64 bits per heavy atom. The number of hydrogen-bond acceptors (Lipinski definition) is 0. The van der Waals surface area contributed by atoms with E-state index in [4.69, 9.17) is 6.42 Å². The van der Waals surface area contributed by atoms with Gasteiger partial charge in [0.15, 0.2) is 0 Å². The monoisotopic (exact) mass is 176 g/mol. The van der Waals surface area contributed by atoms with E-state index in [0.29, 0.717) is 0 Å². The molecule has 2 radical (unpaired) electrons. The van der Waals surface area contributed by atoms with Crippen LogP contribution in [0, 0.1) is 18.8 Å². The standard InChI is InChI=1S/C14H8/c1-2-10-9-12-7-3-5-11-6-4-8-13(10)14(11)12/h3-10H. The average Bonchev–Trinajstić information content (AvgIpc) is 2.60. The Hall–Kier alpha value is -1.74. The largest absolute Gasteiger partial charge is 0.0802 e. The van der Waals surface area contributed by atoms with Crippen molar-refractivity contribution in [1.29, 1.82) is 0 Å². The molecule has 0 aromatic heterocycles. The molecule has 0 fully saturated rings. The van der Waals surface area contributed by atoms with Crippen molar-refractivity contribution in [3.63, 3.8) is 0 Å². The molecule has 0 N–H and O–H groups in total. The molecule has 0 saturated heterocycles. The summed E-state index contributed by atoms with van der Waals surface area (Å²) in [4.78, 5) is 0. The molecule has 0 nitrogen and oxygen atoms in total. The fourth-order valence-corrected chi connectivity index (χ4v) is 2.19. The summed E-state index contributed by atoms with van der Waals surface area (Å²) in [6.45, 7) is 0. The Morgan fingerprint density at radius 2 is 1.86 bits per heavy atom. The van der Waals surface area contributed by atoms with Crippen LogP contribution in [0.25, 0.3) is 10.8 Å². The Kier molecular flexibility index (Phi) is 1.43. The van der Waals surface area contributed by atoms with Crippen LogP contribution in [0.3, 0.4) is 0 Å². The normalized spacial score (nSPS) is 18.4. The highest BCUT2D eigenvalue weighted by molar-refractivity contribution is 5.93. The minimum Gasteiger partial charge on any atom is -0.0802 e. The van der Waals surface area contributed by atoms with E-state index in [9.17, 15) is 0 Å². The van der Waals surface area contributed by atoms with Crippen LogP contribution in [0.2, 0.25) is 0 Å². The van der Waals surface area contributed by atoms with Gasteiger partial charge in [0.1, 0.15) is 0 Å². The van der Waals surface area contributed by atoms with Gasteiger partial charge in [-0.3, -0.25) is 0 Å². The van der Waals surface area contributed by atoms with Crippen LogP contribution in [-0.2, 0) is 0 Å². The van der Waals surface area contributed by atoms with Gasteiger partial charge in [0.2, 0.25) is 0 Å². The summed E-state index contributed by atoms with van der Waals surface area (Å²) in [6, 6.07) is 12.5. The van der Waals surface area contributed by atoms with Gasteiger partial charge in [0, 0.05) is 6.42 Å². The quantitative estimate of drug-likeness (QED) is 0.541. The maximum absolute atomic E-state index is 7.26. The van der Waals surface area contributed by atoms with E-state index in [2.05, 4.69) is 42.7 Å². The maximum Gasteiger partial charge on any atom is 0.0543 e. The summed E-state index contributed by atoms with van der Waals surface area (Å²) in [5.41, 5.74) is 2.45. The van der Waals surface area contributed by atoms with Crippen molar-refractivity contribution < 1.29 is 0 Å². The molecule has 1 aliphatic rings. The minimum absolute atomic E-state index is 0.0519. The predicted octanol–water partition coefficient (Wildman–Crippen LogP) is 3.08. The fourth-order valence-electron chi connectivity index (χ4n) is 2.19. The van der Waals surface area contributed by atoms with E-state index in [1.165, 1.54) is 21.9 Å². The second-order valence-electron chi connectivity index (χ2n) is 3.58. The number of hydrogen-bond donors (Lipinski definition) is 0. The molecular formula is C14H8. The Bertz CT molecular complexity index is 538. The molecule has 0 saturated carbocycles. The molecule has 0 spiro atoms. The fraction of sp³-hybridized carbons (Fsp3) is 0.0714. The molecule has 0 amide bonds. The van der Waals surface area contributed by atoms with Crippen molar-refractivity contribution in [1.82, 2.24) is 0 Å². The van der Waals surface area contributed by atoms with E-state index in [-0.39, 0.29) is 5.92 Å². The third-order valence-corrected chi connectivity index (χ3v) is 2.81. The van der Waals surface area contributed by atoms with Crippen LogP contribution in [0.1, 0.15) is 17.0 Å². The summed E-state index contributed by atoms with van der Waals surface area (Å²) in [6.07, 6.45) is 9.36. The summed E-state index contributed by atoms with van der Waals surface area (Å²) < 4.78 is 0. The summed E-state index contributed by atoms with van der Waals surface area (Å²) in [5.74, 6) is 2.62. The lowest BCUT2D eigenvalue weighted by molar-refractivity contribution is 1.10. The smallest absolute Gasteiger partial charge is 0.0543 e. The molecule has 0 heterocycles. The van der Waals surface area contributed by atoms with E-state index in [0.717, 1.165) is 0 Å². The van der Waals surface area contributed by atoms with Crippen molar-refractivity contribution >= 4 is 10.8 Å². The SMILES string of the molecule is [C]#CC1[CH]c2cccc3cccc1c23. The highest BCUT2D eigenvalue weighted by atomic mass is 14.2. The van der Waals surface area contributed by atoms with Gasteiger partial charge in [0.05, 0.1) is 5.92 Å². The number of rotatable bonds is 0. The van der Waals surface area contributed by atoms with Gasteiger partial charge >= 0.3 is 0 Å². The lowest BCUT2D eigenvalue weighted by Gasteiger charge is -2.01. The number of benzene rings is 2. The van der Waals surface area contributed by atoms with Crippen LogP contribution in [-0.4, -0.2) is 0 Å². The molecule has 1 aliphatic carbocycles. The third-order valence-electron chi connectivity index (χ3n) is 2.81. The first kappa shape index (κ1) is 7.64. The predicted molar refractivity (Wildman–Crippen MR) is 57.2 cm³/mol. The molecule has 0 heteroatoms. The van der Waals surface area contributed by atoms with Crippen LogP contribution in [0.15, 0.2) is 36.4 Å². The summed E-state index contributed by atoms with van der Waals surface area (Å²) in [5, 5.41) is 2.55. The highest BCUT2D eigenvalue weighted by Gasteiger charge is 2.22. The van der Waals surface area contributed by atoms with Crippen molar-refractivity contribution in [2.75, 3.05) is 0 Å². The lowest BCUT2D eigenvalue weighted by atomic mass is 10.0. The molecule has 2 aromatic rings.